The van der Waals surface area contributed by atoms with Crippen molar-refractivity contribution in [3.63, 3.8) is 0 Å². The average Bonchev–Trinajstić information content (AvgIpc) is 3.04. The van der Waals surface area contributed by atoms with Crippen LogP contribution < -0.4 is 0 Å². The molecule has 0 bridgehead atoms. The second-order valence-corrected chi connectivity index (χ2v) is 8.89. The quantitative estimate of drug-likeness (QED) is 0.395. The number of thiophene rings is 1. The van der Waals surface area contributed by atoms with E-state index in [4.69, 9.17) is 0 Å². The van der Waals surface area contributed by atoms with E-state index in [0.29, 0.717) is 0 Å². The molecule has 0 aliphatic heterocycles. The zero-order valence-corrected chi connectivity index (χ0v) is 17.9. The monoisotopic (exact) mass is 386 g/mol. The molecule has 0 saturated heterocycles. The van der Waals surface area contributed by atoms with Crippen LogP contribution in [0.3, 0.4) is 0 Å². The summed E-state index contributed by atoms with van der Waals surface area (Å²) in [6, 6.07) is 19.1. The predicted molar refractivity (Wildman–Crippen MR) is 121 cm³/mol. The molecular formula is C26H26OS. The molecule has 142 valence electrons. The van der Waals surface area contributed by atoms with E-state index in [-0.39, 0.29) is 0 Å². The maximum atomic E-state index is 11.4. The summed E-state index contributed by atoms with van der Waals surface area (Å²) in [5, 5.41) is 12.6. The molecule has 28 heavy (non-hydrogen) atoms. The highest BCUT2D eigenvalue weighted by Crippen LogP contribution is 2.45. The number of benzene rings is 3. The lowest BCUT2D eigenvalue weighted by molar-refractivity contribution is 0.223. The van der Waals surface area contributed by atoms with Gasteiger partial charge in [-0.05, 0) is 79.5 Å². The molecule has 0 radical (unpaired) electrons. The molecule has 0 aliphatic carbocycles. The first-order valence-electron chi connectivity index (χ1n) is 9.71. The van der Waals surface area contributed by atoms with Crippen molar-refractivity contribution in [3.8, 4) is 10.4 Å². The number of hydrogen-bond acceptors (Lipinski definition) is 2. The lowest BCUT2D eigenvalue weighted by Gasteiger charge is -2.16. The van der Waals surface area contributed by atoms with Crippen LogP contribution in [0, 0.1) is 34.6 Å². The predicted octanol–water partition coefficient (Wildman–Crippen LogP) is 7.19. The van der Waals surface area contributed by atoms with Gasteiger partial charge in [0.1, 0.15) is 6.10 Å². The zero-order valence-electron chi connectivity index (χ0n) is 17.1. The number of aliphatic hydroxyl groups excluding tert-OH is 1. The number of aliphatic hydroxyl groups is 1. The summed E-state index contributed by atoms with van der Waals surface area (Å²) < 4.78 is 1.23. The molecule has 3 aromatic carbocycles. The van der Waals surface area contributed by atoms with Crippen molar-refractivity contribution in [2.75, 3.05) is 0 Å². The first-order valence-corrected chi connectivity index (χ1v) is 10.5. The number of fused-ring (bicyclic) bond motifs is 1. The largest absolute Gasteiger partial charge is 0.384 e. The van der Waals surface area contributed by atoms with Crippen LogP contribution in [-0.4, -0.2) is 5.11 Å². The molecule has 1 atom stereocenters. The number of hydrogen-bond donors (Lipinski definition) is 1. The zero-order chi connectivity index (χ0) is 20.0. The van der Waals surface area contributed by atoms with Gasteiger partial charge >= 0.3 is 0 Å². The van der Waals surface area contributed by atoms with Gasteiger partial charge in [0, 0.05) is 15.1 Å². The number of rotatable bonds is 3. The fraction of sp³-hybridized carbons (Fsp3) is 0.231. The van der Waals surface area contributed by atoms with Gasteiger partial charge in [0.2, 0.25) is 0 Å². The Hall–Kier alpha value is -2.42. The lowest BCUT2D eigenvalue weighted by atomic mass is 9.92. The summed E-state index contributed by atoms with van der Waals surface area (Å²) in [6.45, 7) is 10.7. The van der Waals surface area contributed by atoms with Crippen molar-refractivity contribution < 1.29 is 5.11 Å². The maximum Gasteiger partial charge on any atom is 0.106 e. The lowest BCUT2D eigenvalue weighted by Crippen LogP contribution is -2.01. The van der Waals surface area contributed by atoms with Crippen molar-refractivity contribution in [1.82, 2.24) is 0 Å². The normalized spacial score (nSPS) is 12.5. The molecule has 0 aliphatic rings. The molecular weight excluding hydrogens is 360 g/mol. The van der Waals surface area contributed by atoms with Gasteiger partial charge in [0.05, 0.1) is 0 Å². The van der Waals surface area contributed by atoms with Crippen LogP contribution in [0.25, 0.3) is 20.5 Å². The SMILES string of the molecule is Cc1ccc(C(O)c2c(-c3ccc(C)c(C)c3C)sc3cc(C)ccc23)cc1. The Morgan fingerprint density at radius 1 is 0.750 bits per heavy atom. The summed E-state index contributed by atoms with van der Waals surface area (Å²) in [6.07, 6.45) is -0.645. The standard InChI is InChI=1S/C26H26OS/c1-15-6-10-20(11-7-15)25(27)24-22-12-8-16(2)14-23(22)28-26(24)21-13-9-17(3)18(4)19(21)5/h6-14,25,27H,1-5H3. The van der Waals surface area contributed by atoms with Gasteiger partial charge < -0.3 is 5.11 Å². The molecule has 1 nitrogen and oxygen atoms in total. The highest BCUT2D eigenvalue weighted by atomic mass is 32.1. The highest BCUT2D eigenvalue weighted by Gasteiger charge is 2.23. The minimum atomic E-state index is -0.645. The van der Waals surface area contributed by atoms with Crippen molar-refractivity contribution in [3.05, 3.63) is 93.5 Å². The summed E-state index contributed by atoms with van der Waals surface area (Å²) in [5.74, 6) is 0. The Morgan fingerprint density at radius 2 is 1.43 bits per heavy atom. The van der Waals surface area contributed by atoms with Gasteiger partial charge in [-0.25, -0.2) is 0 Å². The minimum absolute atomic E-state index is 0.645. The third-order valence-corrected chi connectivity index (χ3v) is 7.05. The Kier molecular flexibility index (Phi) is 4.86. The third kappa shape index (κ3) is 3.17. The third-order valence-electron chi connectivity index (χ3n) is 5.85. The van der Waals surface area contributed by atoms with Crippen LogP contribution in [-0.2, 0) is 0 Å². The van der Waals surface area contributed by atoms with Crippen molar-refractivity contribution >= 4 is 21.4 Å². The maximum absolute atomic E-state index is 11.4. The Balaban J connectivity index is 2.00. The smallest absolute Gasteiger partial charge is 0.106 e. The van der Waals surface area contributed by atoms with Crippen molar-refractivity contribution in [1.29, 1.82) is 0 Å². The fourth-order valence-electron chi connectivity index (χ4n) is 3.81. The molecule has 0 fully saturated rings. The van der Waals surface area contributed by atoms with E-state index in [1.807, 2.05) is 12.1 Å². The van der Waals surface area contributed by atoms with Crippen LogP contribution in [0.1, 0.15) is 45.0 Å². The van der Waals surface area contributed by atoms with E-state index in [1.165, 1.54) is 43.0 Å². The molecule has 2 heteroatoms. The van der Waals surface area contributed by atoms with E-state index >= 15 is 0 Å². The Labute approximate surface area is 171 Å². The van der Waals surface area contributed by atoms with Gasteiger partial charge in [-0.1, -0.05) is 54.1 Å². The van der Waals surface area contributed by atoms with E-state index in [0.717, 1.165) is 16.5 Å². The molecule has 0 amide bonds. The number of aryl methyl sites for hydroxylation is 3. The van der Waals surface area contributed by atoms with Gasteiger partial charge in [0.25, 0.3) is 0 Å². The molecule has 4 rings (SSSR count). The second-order valence-electron chi connectivity index (χ2n) is 7.84. The van der Waals surface area contributed by atoms with Gasteiger partial charge in [-0.3, -0.25) is 0 Å². The van der Waals surface area contributed by atoms with Crippen LogP contribution >= 0.6 is 11.3 Å². The van der Waals surface area contributed by atoms with Gasteiger partial charge in [0.15, 0.2) is 0 Å². The molecule has 4 aromatic rings. The van der Waals surface area contributed by atoms with Crippen LogP contribution in [0.2, 0.25) is 0 Å². The molecule has 0 saturated carbocycles. The van der Waals surface area contributed by atoms with Crippen LogP contribution in [0.4, 0.5) is 0 Å². The van der Waals surface area contributed by atoms with Gasteiger partial charge in [-0.2, -0.15) is 0 Å². The molecule has 1 unspecified atom stereocenters. The second kappa shape index (κ2) is 7.20. The molecule has 0 spiro atoms. The topological polar surface area (TPSA) is 20.2 Å². The minimum Gasteiger partial charge on any atom is -0.384 e. The molecule has 1 N–H and O–H groups in total. The first-order chi connectivity index (χ1) is 13.4. The summed E-state index contributed by atoms with van der Waals surface area (Å²) in [4.78, 5) is 1.18. The fourth-order valence-corrected chi connectivity index (χ4v) is 5.23. The van der Waals surface area contributed by atoms with Crippen LogP contribution in [0.15, 0.2) is 54.6 Å². The summed E-state index contributed by atoms with van der Waals surface area (Å²) >= 11 is 1.79. The summed E-state index contributed by atoms with van der Waals surface area (Å²) in [5.41, 5.74) is 9.55. The van der Waals surface area contributed by atoms with E-state index in [2.05, 4.69) is 77.1 Å². The van der Waals surface area contributed by atoms with E-state index in [1.54, 1.807) is 11.3 Å². The van der Waals surface area contributed by atoms with E-state index < -0.39 is 6.10 Å². The summed E-state index contributed by atoms with van der Waals surface area (Å²) in [7, 11) is 0. The Morgan fingerprint density at radius 3 is 2.14 bits per heavy atom. The van der Waals surface area contributed by atoms with Crippen LogP contribution in [0.5, 0.6) is 0 Å². The van der Waals surface area contributed by atoms with E-state index in [9.17, 15) is 5.11 Å². The van der Waals surface area contributed by atoms with Crippen molar-refractivity contribution in [2.24, 2.45) is 0 Å². The average molecular weight is 387 g/mol. The first kappa shape index (κ1) is 18.9. The van der Waals surface area contributed by atoms with Crippen molar-refractivity contribution in [2.45, 2.75) is 40.7 Å². The Bertz CT molecular complexity index is 1170. The molecule has 1 heterocycles. The highest BCUT2D eigenvalue weighted by molar-refractivity contribution is 7.22. The molecule has 1 aromatic heterocycles. The van der Waals surface area contributed by atoms with Gasteiger partial charge in [-0.15, -0.1) is 11.3 Å².